The van der Waals surface area contributed by atoms with Gasteiger partial charge < -0.3 is 15.7 Å². The van der Waals surface area contributed by atoms with Crippen LogP contribution in [0.5, 0.6) is 0 Å². The molecule has 30 heavy (non-hydrogen) atoms. The number of hydrogen-bond acceptors (Lipinski definition) is 3. The second kappa shape index (κ2) is 7.89. The second-order valence-electron chi connectivity index (χ2n) is 6.77. The SMILES string of the molecule is O=C1Nc2ccc(Br)cc2[C@](O)(C(=O)NCc2ccc(F)cc2)N1c1ccccc1. The summed E-state index contributed by atoms with van der Waals surface area (Å²) in [6, 6.07) is 18.3. The van der Waals surface area contributed by atoms with Crippen molar-refractivity contribution >= 4 is 39.2 Å². The molecule has 1 aliphatic rings. The van der Waals surface area contributed by atoms with Gasteiger partial charge in [0.1, 0.15) is 5.82 Å². The molecule has 1 heterocycles. The van der Waals surface area contributed by atoms with Crippen LogP contribution >= 0.6 is 15.9 Å². The fourth-order valence-corrected chi connectivity index (χ4v) is 3.73. The number of hydrogen-bond donors (Lipinski definition) is 3. The van der Waals surface area contributed by atoms with E-state index in [9.17, 15) is 19.1 Å². The largest absolute Gasteiger partial charge is 0.359 e. The van der Waals surface area contributed by atoms with Crippen LogP contribution in [0, 0.1) is 5.82 Å². The lowest BCUT2D eigenvalue weighted by molar-refractivity contribution is -0.140. The molecule has 3 N–H and O–H groups in total. The molecule has 4 rings (SSSR count). The number of rotatable bonds is 4. The molecule has 0 bridgehead atoms. The monoisotopic (exact) mass is 469 g/mol. The van der Waals surface area contributed by atoms with Crippen LogP contribution in [0.4, 0.5) is 20.6 Å². The predicted molar refractivity (Wildman–Crippen MR) is 114 cm³/mol. The molecule has 0 aromatic heterocycles. The Labute approximate surface area is 180 Å². The zero-order valence-corrected chi connectivity index (χ0v) is 17.2. The zero-order chi connectivity index (χ0) is 21.3. The Morgan fingerprint density at radius 3 is 2.50 bits per heavy atom. The van der Waals surface area contributed by atoms with E-state index in [0.29, 0.717) is 21.4 Å². The summed E-state index contributed by atoms with van der Waals surface area (Å²) in [6.45, 7) is 0.0506. The van der Waals surface area contributed by atoms with Gasteiger partial charge in [0, 0.05) is 22.3 Å². The first-order chi connectivity index (χ1) is 14.4. The van der Waals surface area contributed by atoms with E-state index in [1.165, 1.54) is 24.3 Å². The van der Waals surface area contributed by atoms with Gasteiger partial charge in [-0.2, -0.15) is 0 Å². The summed E-state index contributed by atoms with van der Waals surface area (Å²) in [5.41, 5.74) is -0.760. The van der Waals surface area contributed by atoms with Crippen molar-refractivity contribution in [1.29, 1.82) is 0 Å². The Bertz CT molecular complexity index is 1110. The molecule has 1 atom stereocenters. The minimum absolute atomic E-state index is 0.0506. The molecule has 3 aromatic rings. The van der Waals surface area contributed by atoms with Gasteiger partial charge in [-0.25, -0.2) is 9.18 Å². The van der Waals surface area contributed by atoms with Crippen molar-refractivity contribution in [2.75, 3.05) is 10.2 Å². The third-order valence-electron chi connectivity index (χ3n) is 4.82. The van der Waals surface area contributed by atoms with Crippen LogP contribution in [0.3, 0.4) is 0 Å². The van der Waals surface area contributed by atoms with Crippen LogP contribution in [0.15, 0.2) is 77.3 Å². The maximum absolute atomic E-state index is 13.3. The van der Waals surface area contributed by atoms with E-state index in [1.54, 1.807) is 48.5 Å². The normalized spacial score (nSPS) is 17.8. The number of nitrogens with zero attached hydrogens (tertiary/aromatic N) is 1. The highest BCUT2D eigenvalue weighted by Gasteiger charge is 2.52. The fraction of sp³-hybridized carbons (Fsp3) is 0.0909. The number of aliphatic hydroxyl groups is 1. The Morgan fingerprint density at radius 1 is 1.10 bits per heavy atom. The van der Waals surface area contributed by atoms with E-state index in [0.717, 1.165) is 4.90 Å². The summed E-state index contributed by atoms with van der Waals surface area (Å²) < 4.78 is 13.8. The molecule has 0 radical (unpaired) electrons. The highest BCUT2D eigenvalue weighted by molar-refractivity contribution is 9.10. The first-order valence-electron chi connectivity index (χ1n) is 9.11. The van der Waals surface area contributed by atoms with Gasteiger partial charge in [-0.1, -0.05) is 46.3 Å². The van der Waals surface area contributed by atoms with Gasteiger partial charge in [-0.05, 0) is 48.0 Å². The zero-order valence-electron chi connectivity index (χ0n) is 15.6. The number of carbonyl (C=O) groups is 2. The Hall–Kier alpha value is -3.23. The van der Waals surface area contributed by atoms with Crippen molar-refractivity contribution in [3.63, 3.8) is 0 Å². The molecule has 6 nitrogen and oxygen atoms in total. The standard InChI is InChI=1S/C22H17BrFN3O3/c23-15-8-11-19-18(12-15)22(30,20(28)25-13-14-6-9-16(24)10-7-14)27(21(29)26-19)17-4-2-1-3-5-17/h1-12,30H,13H2,(H,25,28)(H,26,29)/t22-/m0/s1. The maximum Gasteiger partial charge on any atom is 0.329 e. The van der Waals surface area contributed by atoms with Gasteiger partial charge in [0.15, 0.2) is 0 Å². The molecule has 0 aliphatic carbocycles. The topological polar surface area (TPSA) is 81.7 Å². The first-order valence-corrected chi connectivity index (χ1v) is 9.90. The van der Waals surface area contributed by atoms with Gasteiger partial charge in [0.25, 0.3) is 11.6 Å². The van der Waals surface area contributed by atoms with Crippen molar-refractivity contribution in [1.82, 2.24) is 5.32 Å². The van der Waals surface area contributed by atoms with E-state index in [1.807, 2.05) is 0 Å². The van der Waals surface area contributed by atoms with Gasteiger partial charge in [0.05, 0.1) is 5.69 Å². The molecular weight excluding hydrogens is 453 g/mol. The lowest BCUT2D eigenvalue weighted by Gasteiger charge is -2.42. The predicted octanol–water partition coefficient (Wildman–Crippen LogP) is 4.10. The van der Waals surface area contributed by atoms with E-state index >= 15 is 0 Å². The Kier molecular flexibility index (Phi) is 5.27. The smallest absolute Gasteiger partial charge is 0.329 e. The highest BCUT2D eigenvalue weighted by Crippen LogP contribution is 2.40. The summed E-state index contributed by atoms with van der Waals surface area (Å²) in [5.74, 6) is -1.17. The minimum atomic E-state index is -2.30. The number of para-hydroxylation sites is 1. The lowest BCUT2D eigenvalue weighted by atomic mass is 9.94. The van der Waals surface area contributed by atoms with Crippen molar-refractivity contribution in [3.8, 4) is 0 Å². The number of urea groups is 1. The summed E-state index contributed by atoms with van der Waals surface area (Å²) >= 11 is 3.36. The molecule has 3 aromatic carbocycles. The Morgan fingerprint density at radius 2 is 1.80 bits per heavy atom. The van der Waals surface area contributed by atoms with Crippen LogP contribution in [-0.4, -0.2) is 17.0 Å². The van der Waals surface area contributed by atoms with Crippen molar-refractivity contribution in [3.05, 3.63) is 94.2 Å². The third kappa shape index (κ3) is 3.55. The quantitative estimate of drug-likeness (QED) is 0.537. The van der Waals surface area contributed by atoms with Crippen LogP contribution in [0.1, 0.15) is 11.1 Å². The van der Waals surface area contributed by atoms with Crippen LogP contribution < -0.4 is 15.5 Å². The average molecular weight is 470 g/mol. The summed E-state index contributed by atoms with van der Waals surface area (Å²) in [5, 5.41) is 17.1. The molecule has 0 saturated carbocycles. The number of halogens is 2. The minimum Gasteiger partial charge on any atom is -0.359 e. The Balaban J connectivity index is 1.76. The molecule has 1 aliphatic heterocycles. The van der Waals surface area contributed by atoms with Gasteiger partial charge in [-0.3, -0.25) is 9.69 Å². The molecule has 0 saturated heterocycles. The highest BCUT2D eigenvalue weighted by atomic mass is 79.9. The average Bonchev–Trinajstić information content (AvgIpc) is 2.74. The first kappa shape index (κ1) is 20.1. The summed E-state index contributed by atoms with van der Waals surface area (Å²) in [6.07, 6.45) is 0. The van der Waals surface area contributed by atoms with Crippen LogP contribution in [0.25, 0.3) is 0 Å². The molecule has 8 heteroatoms. The van der Waals surface area contributed by atoms with E-state index < -0.39 is 17.7 Å². The number of nitrogens with one attached hydrogen (secondary N) is 2. The number of amides is 3. The van der Waals surface area contributed by atoms with Crippen molar-refractivity contribution in [2.24, 2.45) is 0 Å². The van der Waals surface area contributed by atoms with Crippen LogP contribution in [-0.2, 0) is 17.1 Å². The molecule has 152 valence electrons. The van der Waals surface area contributed by atoms with E-state index in [-0.39, 0.29) is 17.9 Å². The fourth-order valence-electron chi connectivity index (χ4n) is 3.37. The molecule has 0 fully saturated rings. The van der Waals surface area contributed by atoms with Crippen molar-refractivity contribution < 1.29 is 19.1 Å². The number of carbonyl (C=O) groups excluding carboxylic acids is 2. The van der Waals surface area contributed by atoms with E-state index in [2.05, 4.69) is 26.6 Å². The number of fused-ring (bicyclic) bond motifs is 1. The molecule has 0 spiro atoms. The van der Waals surface area contributed by atoms with Gasteiger partial charge in [0.2, 0.25) is 0 Å². The van der Waals surface area contributed by atoms with Crippen LogP contribution in [0.2, 0.25) is 0 Å². The lowest BCUT2D eigenvalue weighted by Crippen LogP contribution is -2.62. The summed E-state index contributed by atoms with van der Waals surface area (Å²) in [7, 11) is 0. The molecule has 3 amide bonds. The van der Waals surface area contributed by atoms with E-state index in [4.69, 9.17) is 0 Å². The number of anilines is 2. The molecular formula is C22H17BrFN3O3. The summed E-state index contributed by atoms with van der Waals surface area (Å²) in [4.78, 5) is 27.2. The van der Waals surface area contributed by atoms with Gasteiger partial charge in [-0.15, -0.1) is 0 Å². The third-order valence-corrected chi connectivity index (χ3v) is 5.32. The van der Waals surface area contributed by atoms with Gasteiger partial charge >= 0.3 is 6.03 Å². The molecule has 0 unspecified atom stereocenters. The maximum atomic E-state index is 13.3. The number of benzene rings is 3. The van der Waals surface area contributed by atoms with Crippen molar-refractivity contribution in [2.45, 2.75) is 12.3 Å². The second-order valence-corrected chi connectivity index (χ2v) is 7.69.